The molecule has 3 aliphatic heterocycles. The normalized spacial score (nSPS) is 22.0. The highest BCUT2D eigenvalue weighted by Crippen LogP contribution is 2.38. The standard InChI is InChI=1S/C16H20N2O3S/c19-15-6-5-13-11-14(22(20,21)17-7-1-2-8-17)10-12-4-3-9-18(15)16(12)13/h10-11H,1-9H2. The Morgan fingerprint density at radius 2 is 1.55 bits per heavy atom. The Balaban J connectivity index is 1.82. The Labute approximate surface area is 131 Å². The molecule has 0 spiro atoms. The molecule has 0 aromatic heterocycles. The second-order valence-electron chi connectivity index (χ2n) is 6.35. The average molecular weight is 320 g/mol. The maximum atomic E-state index is 12.8. The monoisotopic (exact) mass is 320 g/mol. The van der Waals surface area contributed by atoms with Gasteiger partial charge in [0.15, 0.2) is 0 Å². The Kier molecular flexibility index (Phi) is 3.27. The Hall–Kier alpha value is -1.40. The van der Waals surface area contributed by atoms with Crippen LogP contribution in [0, 0.1) is 0 Å². The second-order valence-corrected chi connectivity index (χ2v) is 8.29. The van der Waals surface area contributed by atoms with Crippen molar-refractivity contribution < 1.29 is 13.2 Å². The first-order valence-electron chi connectivity index (χ1n) is 8.04. The summed E-state index contributed by atoms with van der Waals surface area (Å²) >= 11 is 0. The minimum atomic E-state index is -3.38. The zero-order valence-corrected chi connectivity index (χ0v) is 13.4. The van der Waals surface area contributed by atoms with E-state index in [9.17, 15) is 13.2 Å². The third kappa shape index (κ3) is 2.08. The van der Waals surface area contributed by atoms with Gasteiger partial charge in [-0.05, 0) is 55.4 Å². The molecule has 1 aromatic rings. The van der Waals surface area contributed by atoms with Crippen LogP contribution in [0.2, 0.25) is 0 Å². The minimum Gasteiger partial charge on any atom is -0.312 e. The van der Waals surface area contributed by atoms with E-state index >= 15 is 0 Å². The SMILES string of the molecule is O=C1CCc2cc(S(=O)(=O)N3CCCC3)cc3c2N1CCC3. The average Bonchev–Trinajstić information content (AvgIpc) is 3.06. The lowest BCUT2D eigenvalue weighted by Gasteiger charge is -2.35. The fraction of sp³-hybridized carbons (Fsp3) is 0.562. The van der Waals surface area contributed by atoms with Gasteiger partial charge in [-0.25, -0.2) is 8.42 Å². The van der Waals surface area contributed by atoms with Crippen molar-refractivity contribution in [2.24, 2.45) is 0 Å². The fourth-order valence-electron chi connectivity index (χ4n) is 3.85. The van der Waals surface area contributed by atoms with Gasteiger partial charge in [0.25, 0.3) is 0 Å². The number of aryl methyl sites for hydroxylation is 2. The molecule has 1 saturated heterocycles. The lowest BCUT2D eigenvalue weighted by molar-refractivity contribution is -0.119. The zero-order valence-electron chi connectivity index (χ0n) is 12.5. The molecule has 4 rings (SSSR count). The topological polar surface area (TPSA) is 57.7 Å². The number of carbonyl (C=O) groups is 1. The maximum Gasteiger partial charge on any atom is 0.243 e. The summed E-state index contributed by atoms with van der Waals surface area (Å²) in [6.07, 6.45) is 4.79. The van der Waals surface area contributed by atoms with Gasteiger partial charge in [-0.15, -0.1) is 0 Å². The molecule has 1 aromatic carbocycles. The van der Waals surface area contributed by atoms with Crippen LogP contribution in [0.15, 0.2) is 17.0 Å². The van der Waals surface area contributed by atoms with E-state index in [1.54, 1.807) is 16.4 Å². The van der Waals surface area contributed by atoms with E-state index in [1.807, 2.05) is 4.90 Å². The molecule has 3 heterocycles. The molecule has 3 aliphatic rings. The number of nitrogens with zero attached hydrogens (tertiary/aromatic N) is 2. The number of amides is 1. The molecule has 0 radical (unpaired) electrons. The highest BCUT2D eigenvalue weighted by atomic mass is 32.2. The number of hydrogen-bond acceptors (Lipinski definition) is 3. The van der Waals surface area contributed by atoms with E-state index in [2.05, 4.69) is 0 Å². The zero-order chi connectivity index (χ0) is 15.3. The van der Waals surface area contributed by atoms with Gasteiger partial charge in [0, 0.05) is 26.1 Å². The second kappa shape index (κ2) is 5.06. The van der Waals surface area contributed by atoms with Gasteiger partial charge in [0.2, 0.25) is 15.9 Å². The van der Waals surface area contributed by atoms with Crippen LogP contribution >= 0.6 is 0 Å². The van der Waals surface area contributed by atoms with Crippen LogP contribution < -0.4 is 4.90 Å². The van der Waals surface area contributed by atoms with Gasteiger partial charge in [-0.1, -0.05) is 0 Å². The molecule has 118 valence electrons. The first-order valence-corrected chi connectivity index (χ1v) is 9.48. The molecule has 0 unspecified atom stereocenters. The molecule has 0 saturated carbocycles. The minimum absolute atomic E-state index is 0.170. The molecule has 0 atom stereocenters. The van der Waals surface area contributed by atoms with Crippen LogP contribution in [0.3, 0.4) is 0 Å². The summed E-state index contributed by atoms with van der Waals surface area (Å²) in [5.74, 6) is 0.170. The van der Waals surface area contributed by atoms with Crippen molar-refractivity contribution in [3.05, 3.63) is 23.3 Å². The number of carbonyl (C=O) groups excluding carboxylic acids is 1. The number of rotatable bonds is 2. The van der Waals surface area contributed by atoms with Gasteiger partial charge < -0.3 is 4.90 Å². The van der Waals surface area contributed by atoms with Crippen molar-refractivity contribution in [2.75, 3.05) is 24.5 Å². The van der Waals surface area contributed by atoms with Crippen molar-refractivity contribution >= 4 is 21.6 Å². The number of hydrogen-bond donors (Lipinski definition) is 0. The van der Waals surface area contributed by atoms with Crippen LogP contribution in [-0.2, 0) is 27.7 Å². The highest BCUT2D eigenvalue weighted by Gasteiger charge is 2.33. The van der Waals surface area contributed by atoms with Crippen LogP contribution in [0.25, 0.3) is 0 Å². The van der Waals surface area contributed by atoms with E-state index in [0.717, 1.165) is 49.0 Å². The summed E-state index contributed by atoms with van der Waals surface area (Å²) < 4.78 is 27.2. The van der Waals surface area contributed by atoms with Crippen molar-refractivity contribution in [1.29, 1.82) is 0 Å². The molecule has 5 nitrogen and oxygen atoms in total. The molecular formula is C16H20N2O3S. The summed E-state index contributed by atoms with van der Waals surface area (Å²) in [7, 11) is -3.38. The number of sulfonamides is 1. The Bertz CT molecular complexity index is 719. The highest BCUT2D eigenvalue weighted by molar-refractivity contribution is 7.89. The summed E-state index contributed by atoms with van der Waals surface area (Å²) in [6, 6.07) is 3.61. The molecule has 22 heavy (non-hydrogen) atoms. The van der Waals surface area contributed by atoms with Crippen molar-refractivity contribution in [3.8, 4) is 0 Å². The van der Waals surface area contributed by atoms with E-state index in [1.165, 1.54) is 0 Å². The third-order valence-electron chi connectivity index (χ3n) is 4.95. The van der Waals surface area contributed by atoms with Crippen LogP contribution in [0.5, 0.6) is 0 Å². The van der Waals surface area contributed by atoms with E-state index in [-0.39, 0.29) is 5.91 Å². The quantitative estimate of drug-likeness (QED) is 0.833. The summed E-state index contributed by atoms with van der Waals surface area (Å²) in [5.41, 5.74) is 3.03. The van der Waals surface area contributed by atoms with Crippen LogP contribution in [-0.4, -0.2) is 38.3 Å². The molecule has 1 amide bonds. The van der Waals surface area contributed by atoms with Gasteiger partial charge >= 0.3 is 0 Å². The van der Waals surface area contributed by atoms with Crippen LogP contribution in [0.1, 0.15) is 36.8 Å². The fourth-order valence-corrected chi connectivity index (χ4v) is 5.47. The van der Waals surface area contributed by atoms with E-state index in [4.69, 9.17) is 0 Å². The van der Waals surface area contributed by atoms with Crippen molar-refractivity contribution in [3.63, 3.8) is 0 Å². The largest absolute Gasteiger partial charge is 0.312 e. The third-order valence-corrected chi connectivity index (χ3v) is 6.83. The van der Waals surface area contributed by atoms with E-state index in [0.29, 0.717) is 30.8 Å². The molecule has 0 bridgehead atoms. The van der Waals surface area contributed by atoms with Gasteiger partial charge in [0.1, 0.15) is 0 Å². The Morgan fingerprint density at radius 1 is 0.864 bits per heavy atom. The molecular weight excluding hydrogens is 300 g/mol. The summed E-state index contributed by atoms with van der Waals surface area (Å²) in [6.45, 7) is 2.01. The smallest absolute Gasteiger partial charge is 0.243 e. The summed E-state index contributed by atoms with van der Waals surface area (Å²) in [5, 5.41) is 0. The van der Waals surface area contributed by atoms with Gasteiger partial charge in [0.05, 0.1) is 10.6 Å². The predicted molar refractivity (Wildman–Crippen MR) is 83.4 cm³/mol. The first kappa shape index (κ1) is 14.2. The maximum absolute atomic E-state index is 12.8. The molecule has 0 aliphatic carbocycles. The van der Waals surface area contributed by atoms with Gasteiger partial charge in [-0.2, -0.15) is 4.31 Å². The number of benzene rings is 1. The van der Waals surface area contributed by atoms with Gasteiger partial charge in [-0.3, -0.25) is 4.79 Å². The lowest BCUT2D eigenvalue weighted by atomic mass is 9.92. The summed E-state index contributed by atoms with van der Waals surface area (Å²) in [4.78, 5) is 14.3. The molecule has 6 heteroatoms. The Morgan fingerprint density at radius 3 is 2.27 bits per heavy atom. The molecule has 1 fully saturated rings. The van der Waals surface area contributed by atoms with Crippen LogP contribution in [0.4, 0.5) is 5.69 Å². The lowest BCUT2D eigenvalue weighted by Crippen LogP contribution is -2.39. The van der Waals surface area contributed by atoms with Crippen molar-refractivity contribution in [1.82, 2.24) is 4.31 Å². The molecule has 0 N–H and O–H groups in total. The number of anilines is 1. The van der Waals surface area contributed by atoms with E-state index < -0.39 is 10.0 Å². The first-order chi connectivity index (χ1) is 10.6. The predicted octanol–water partition coefficient (Wildman–Crippen LogP) is 1.70. The van der Waals surface area contributed by atoms with Crippen molar-refractivity contribution in [2.45, 2.75) is 43.4 Å².